The van der Waals surface area contributed by atoms with Gasteiger partial charge in [0, 0.05) is 54.5 Å². The van der Waals surface area contributed by atoms with Crippen molar-refractivity contribution < 1.29 is 35.1 Å². The standard InChI is InChI=1S/C38H43NO7/c1-46-35-20-30(26(22-40)16-33(35)44)29-18-28(41)19-34(45)37-25(11-10-24(29)15-23-7-3-2-4-8-23)21-39-36-9-5-6-14-38(36,37)27-12-13-31(42)32(43)17-27/h2-4,7-8,12-13,16-17,20,24-25,29,34,36-37,39-40,42-45H,5-6,9,14-15,18-19,21-22H2,1H3/t24-,25+,29-,34-,36+,37+,38-/m0/s1. The molecule has 0 aromatic heterocycles. The minimum Gasteiger partial charge on any atom is -0.504 e. The number of carbonyl (C=O) groups excluding carboxylic acids is 1. The van der Waals surface area contributed by atoms with Gasteiger partial charge in [-0.3, -0.25) is 4.79 Å². The molecule has 3 aromatic carbocycles. The van der Waals surface area contributed by atoms with Crippen molar-refractivity contribution in [1.82, 2.24) is 5.32 Å². The first-order valence-electron chi connectivity index (χ1n) is 16.3. The number of methoxy groups -OCH3 is 1. The number of rotatable bonds is 6. The maximum Gasteiger partial charge on any atom is 0.160 e. The van der Waals surface area contributed by atoms with E-state index in [1.54, 1.807) is 12.1 Å². The Kier molecular flexibility index (Phi) is 9.28. The van der Waals surface area contributed by atoms with Crippen LogP contribution in [0.25, 0.3) is 0 Å². The molecule has 0 unspecified atom stereocenters. The number of nitrogens with one attached hydrogen (secondary N) is 1. The fourth-order valence-corrected chi connectivity index (χ4v) is 8.55. The van der Waals surface area contributed by atoms with E-state index in [2.05, 4.69) is 17.2 Å². The molecule has 3 aliphatic rings. The molecule has 1 aliphatic heterocycles. The molecule has 7 atom stereocenters. The number of aromatic hydroxyl groups is 3. The second kappa shape index (κ2) is 13.4. The van der Waals surface area contributed by atoms with Crippen LogP contribution in [0.1, 0.15) is 66.7 Å². The number of benzene rings is 3. The fourth-order valence-electron chi connectivity index (χ4n) is 8.55. The van der Waals surface area contributed by atoms with Gasteiger partial charge in [0.05, 0.1) is 19.8 Å². The van der Waals surface area contributed by atoms with Gasteiger partial charge >= 0.3 is 0 Å². The van der Waals surface area contributed by atoms with Crippen molar-refractivity contribution in [2.45, 2.75) is 75.0 Å². The summed E-state index contributed by atoms with van der Waals surface area (Å²) < 4.78 is 5.43. The predicted octanol–water partition coefficient (Wildman–Crippen LogP) is 4.69. The molecule has 0 bridgehead atoms. The zero-order chi connectivity index (χ0) is 32.4. The van der Waals surface area contributed by atoms with E-state index in [4.69, 9.17) is 4.74 Å². The number of aliphatic hydroxyl groups is 2. The number of phenolic OH excluding ortho intramolecular Hbond substituents is 3. The number of hydrogen-bond donors (Lipinski definition) is 6. The zero-order valence-electron chi connectivity index (χ0n) is 26.2. The van der Waals surface area contributed by atoms with E-state index in [1.165, 1.54) is 19.2 Å². The van der Waals surface area contributed by atoms with Crippen LogP contribution >= 0.6 is 0 Å². The number of fused-ring (bicyclic) bond motifs is 3. The number of piperidine rings is 1. The third-order valence-corrected chi connectivity index (χ3v) is 10.6. The second-order valence-corrected chi connectivity index (χ2v) is 13.2. The van der Waals surface area contributed by atoms with Gasteiger partial charge in [0.1, 0.15) is 5.78 Å². The van der Waals surface area contributed by atoms with E-state index in [0.717, 1.165) is 36.8 Å². The molecule has 1 heterocycles. The summed E-state index contributed by atoms with van der Waals surface area (Å²) in [6.07, 6.45) is 3.23. The summed E-state index contributed by atoms with van der Waals surface area (Å²) in [5.41, 5.74) is 2.50. The van der Waals surface area contributed by atoms with Gasteiger partial charge in [-0.25, -0.2) is 0 Å². The molecule has 8 heteroatoms. The van der Waals surface area contributed by atoms with Gasteiger partial charge in [0.25, 0.3) is 0 Å². The Morgan fingerprint density at radius 1 is 0.957 bits per heavy atom. The van der Waals surface area contributed by atoms with E-state index in [1.807, 2.05) is 36.4 Å². The van der Waals surface area contributed by atoms with Crippen LogP contribution in [-0.2, 0) is 23.2 Å². The van der Waals surface area contributed by atoms with E-state index in [-0.39, 0.29) is 72.0 Å². The Morgan fingerprint density at radius 2 is 1.76 bits per heavy atom. The molecule has 8 nitrogen and oxygen atoms in total. The van der Waals surface area contributed by atoms with E-state index >= 15 is 0 Å². The third kappa shape index (κ3) is 5.95. The topological polar surface area (TPSA) is 139 Å². The maximum atomic E-state index is 14.0. The average Bonchev–Trinajstić information content (AvgIpc) is 3.06. The van der Waals surface area contributed by atoms with Gasteiger partial charge < -0.3 is 35.6 Å². The summed E-state index contributed by atoms with van der Waals surface area (Å²) in [5.74, 6) is 5.42. The van der Waals surface area contributed by atoms with Crippen molar-refractivity contribution in [2.75, 3.05) is 13.7 Å². The van der Waals surface area contributed by atoms with Crippen LogP contribution in [0, 0.1) is 29.6 Å². The highest BCUT2D eigenvalue weighted by atomic mass is 16.5. The molecular weight excluding hydrogens is 582 g/mol. The van der Waals surface area contributed by atoms with E-state index in [9.17, 15) is 30.3 Å². The first kappa shape index (κ1) is 31.9. The lowest BCUT2D eigenvalue weighted by Gasteiger charge is -2.56. The molecule has 0 amide bonds. The van der Waals surface area contributed by atoms with Gasteiger partial charge in [-0.05, 0) is 65.8 Å². The molecule has 0 spiro atoms. The molecule has 3 aromatic rings. The second-order valence-electron chi connectivity index (χ2n) is 13.2. The highest BCUT2D eigenvalue weighted by Gasteiger charge is 2.56. The lowest BCUT2D eigenvalue weighted by molar-refractivity contribution is -0.124. The first-order chi connectivity index (χ1) is 22.2. The molecule has 6 N–H and O–H groups in total. The predicted molar refractivity (Wildman–Crippen MR) is 174 cm³/mol. The third-order valence-electron chi connectivity index (χ3n) is 10.6. The van der Waals surface area contributed by atoms with Crippen LogP contribution in [0.4, 0.5) is 0 Å². The SMILES string of the molecule is COc1cc([C@H]2CC(=O)C[C@H](O)[C@H]3[C@H](C#C[C@H]2Cc2ccccc2)CN[C@@H]2CCCC[C@@]32c2ccc(O)c(O)c2)c(CO)cc1O. The molecule has 46 heavy (non-hydrogen) atoms. The molecule has 2 aliphatic carbocycles. The molecule has 6 rings (SSSR count). The molecule has 0 radical (unpaired) electrons. The maximum absolute atomic E-state index is 14.0. The minimum atomic E-state index is -0.983. The number of phenols is 3. The van der Waals surface area contributed by atoms with Crippen LogP contribution in [-0.4, -0.2) is 57.1 Å². The van der Waals surface area contributed by atoms with Crippen molar-refractivity contribution in [2.24, 2.45) is 17.8 Å². The largest absolute Gasteiger partial charge is 0.504 e. The van der Waals surface area contributed by atoms with Crippen LogP contribution < -0.4 is 10.1 Å². The van der Waals surface area contributed by atoms with Crippen LogP contribution in [0.5, 0.6) is 23.0 Å². The Labute approximate surface area is 270 Å². The highest BCUT2D eigenvalue weighted by molar-refractivity contribution is 5.80. The first-order valence-corrected chi connectivity index (χ1v) is 16.3. The smallest absolute Gasteiger partial charge is 0.160 e. The molecule has 1 saturated heterocycles. The number of carbonyl (C=O) groups is 1. The number of aliphatic hydroxyl groups excluding tert-OH is 2. The minimum absolute atomic E-state index is 0.0189. The Morgan fingerprint density at radius 3 is 2.50 bits per heavy atom. The summed E-state index contributed by atoms with van der Waals surface area (Å²) in [7, 11) is 1.46. The monoisotopic (exact) mass is 625 g/mol. The molecule has 1 saturated carbocycles. The summed E-state index contributed by atoms with van der Waals surface area (Å²) in [4.78, 5) is 14.0. The fraction of sp³-hybridized carbons (Fsp3) is 0.447. The lowest BCUT2D eigenvalue weighted by Crippen LogP contribution is -2.65. The molecule has 242 valence electrons. The number of ketones is 1. The number of hydrogen-bond acceptors (Lipinski definition) is 8. The molecular formula is C38H43NO7. The number of Topliss-reactive ketones (excluding diaryl/α,β-unsaturated/α-hetero) is 1. The van der Waals surface area contributed by atoms with Crippen molar-refractivity contribution in [3.63, 3.8) is 0 Å². The Hall–Kier alpha value is -4.03. The van der Waals surface area contributed by atoms with Gasteiger partial charge in [-0.15, -0.1) is 0 Å². The van der Waals surface area contributed by atoms with Gasteiger partial charge in [-0.1, -0.05) is 61.1 Å². The summed E-state index contributed by atoms with van der Waals surface area (Å²) in [5, 5.41) is 57.3. The lowest BCUT2D eigenvalue weighted by atomic mass is 9.52. The number of ether oxygens (including phenoxy) is 1. The van der Waals surface area contributed by atoms with Gasteiger partial charge in [-0.2, -0.15) is 0 Å². The average molecular weight is 626 g/mol. The van der Waals surface area contributed by atoms with Crippen LogP contribution in [0.3, 0.4) is 0 Å². The van der Waals surface area contributed by atoms with E-state index < -0.39 is 17.4 Å². The van der Waals surface area contributed by atoms with Crippen LogP contribution in [0.2, 0.25) is 0 Å². The van der Waals surface area contributed by atoms with Gasteiger partial charge in [0.15, 0.2) is 23.0 Å². The summed E-state index contributed by atoms with van der Waals surface area (Å²) in [6.45, 7) is 0.223. The summed E-state index contributed by atoms with van der Waals surface area (Å²) in [6, 6.07) is 18.1. The van der Waals surface area contributed by atoms with Crippen molar-refractivity contribution in [3.8, 4) is 34.8 Å². The Bertz CT molecular complexity index is 1630. The van der Waals surface area contributed by atoms with Crippen molar-refractivity contribution >= 4 is 5.78 Å². The van der Waals surface area contributed by atoms with Gasteiger partial charge in [0.2, 0.25) is 0 Å². The highest BCUT2D eigenvalue weighted by Crippen LogP contribution is 2.53. The van der Waals surface area contributed by atoms with E-state index in [0.29, 0.717) is 24.1 Å². The summed E-state index contributed by atoms with van der Waals surface area (Å²) >= 11 is 0. The Balaban J connectivity index is 1.50. The van der Waals surface area contributed by atoms with Crippen molar-refractivity contribution in [1.29, 1.82) is 0 Å². The van der Waals surface area contributed by atoms with Crippen molar-refractivity contribution in [3.05, 3.63) is 82.9 Å². The zero-order valence-corrected chi connectivity index (χ0v) is 26.2. The molecule has 2 fully saturated rings. The normalized spacial score (nSPS) is 29.5. The van der Waals surface area contributed by atoms with Crippen LogP contribution in [0.15, 0.2) is 60.7 Å². The quantitative estimate of drug-likeness (QED) is 0.171.